The number of nitro benzene ring substituents is 1. The average molecular weight is 294 g/mol. The molecule has 1 heterocycles. The normalized spacial score (nSPS) is 10.5. The predicted octanol–water partition coefficient (Wildman–Crippen LogP) is 2.42. The molecule has 1 aromatic heterocycles. The Morgan fingerprint density at radius 2 is 2.00 bits per heavy atom. The number of aromatic nitrogens is 2. The Morgan fingerprint density at radius 3 is 2.55 bits per heavy atom. The third-order valence-corrected chi connectivity index (χ3v) is 3.05. The van der Waals surface area contributed by atoms with Gasteiger partial charge < -0.3 is 0 Å². The van der Waals surface area contributed by atoms with Gasteiger partial charge in [0.1, 0.15) is 11.0 Å². The first-order chi connectivity index (χ1) is 9.51. The summed E-state index contributed by atoms with van der Waals surface area (Å²) >= 11 is 5.76. The van der Waals surface area contributed by atoms with E-state index in [1.165, 1.54) is 22.8 Å². The van der Waals surface area contributed by atoms with Crippen molar-refractivity contribution in [3.8, 4) is 0 Å². The topological polar surface area (TPSA) is 78.0 Å². The number of hydrogen-bond donors (Lipinski definition) is 0. The van der Waals surface area contributed by atoms with Crippen LogP contribution in [0, 0.1) is 10.1 Å². The van der Waals surface area contributed by atoms with E-state index in [-0.39, 0.29) is 16.4 Å². The van der Waals surface area contributed by atoms with Crippen LogP contribution in [-0.4, -0.2) is 14.5 Å². The van der Waals surface area contributed by atoms with Gasteiger partial charge in [-0.05, 0) is 5.56 Å². The smallest absolute Gasteiger partial charge is 0.269 e. The number of nitro groups is 1. The molecule has 0 amide bonds. The molecular formula is C13H12ClN3O3. The van der Waals surface area contributed by atoms with Crippen LogP contribution in [0.3, 0.4) is 0 Å². The lowest BCUT2D eigenvalue weighted by Gasteiger charge is -2.10. The maximum absolute atomic E-state index is 11.9. The lowest BCUT2D eigenvalue weighted by atomic mass is 10.2. The maximum atomic E-state index is 11.9. The Bertz CT molecular complexity index is 695. The summed E-state index contributed by atoms with van der Waals surface area (Å²) in [6, 6.07) is 7.33. The van der Waals surface area contributed by atoms with Crippen LogP contribution in [-0.2, 0) is 13.0 Å². The number of hydrogen-bond acceptors (Lipinski definition) is 4. The molecule has 104 valence electrons. The molecular weight excluding hydrogens is 282 g/mol. The minimum atomic E-state index is -0.461. The van der Waals surface area contributed by atoms with Crippen LogP contribution in [0.2, 0.25) is 5.15 Å². The van der Waals surface area contributed by atoms with Gasteiger partial charge in [-0.2, -0.15) is 0 Å². The number of nitrogens with zero attached hydrogens (tertiary/aromatic N) is 3. The molecule has 0 saturated heterocycles. The minimum Gasteiger partial charge on any atom is -0.292 e. The summed E-state index contributed by atoms with van der Waals surface area (Å²) in [4.78, 5) is 26.2. The summed E-state index contributed by atoms with van der Waals surface area (Å²) in [5.74, 6) is 0.584. The van der Waals surface area contributed by atoms with Crippen LogP contribution in [0.5, 0.6) is 0 Å². The van der Waals surface area contributed by atoms with Crippen LogP contribution < -0.4 is 5.56 Å². The van der Waals surface area contributed by atoms with Crippen LogP contribution in [0.25, 0.3) is 0 Å². The second-order valence-electron chi connectivity index (χ2n) is 4.20. The first-order valence-electron chi connectivity index (χ1n) is 6.01. The Kier molecular flexibility index (Phi) is 4.14. The molecule has 2 rings (SSSR count). The predicted molar refractivity (Wildman–Crippen MR) is 75.1 cm³/mol. The van der Waals surface area contributed by atoms with E-state index < -0.39 is 4.92 Å². The largest absolute Gasteiger partial charge is 0.292 e. The van der Waals surface area contributed by atoms with Gasteiger partial charge in [-0.25, -0.2) is 4.98 Å². The molecule has 20 heavy (non-hydrogen) atoms. The fourth-order valence-electron chi connectivity index (χ4n) is 1.87. The molecule has 1 aromatic carbocycles. The Morgan fingerprint density at radius 1 is 1.35 bits per heavy atom. The minimum absolute atomic E-state index is 0.0195. The summed E-state index contributed by atoms with van der Waals surface area (Å²) in [6.45, 7) is 2.19. The van der Waals surface area contributed by atoms with Gasteiger partial charge in [0.2, 0.25) is 0 Å². The molecule has 0 radical (unpaired) electrons. The van der Waals surface area contributed by atoms with Gasteiger partial charge in [-0.15, -0.1) is 0 Å². The Balaban J connectivity index is 2.34. The number of rotatable bonds is 4. The summed E-state index contributed by atoms with van der Waals surface area (Å²) in [7, 11) is 0. The van der Waals surface area contributed by atoms with E-state index in [2.05, 4.69) is 4.98 Å². The lowest BCUT2D eigenvalue weighted by Crippen LogP contribution is -2.24. The van der Waals surface area contributed by atoms with Crippen LogP contribution in [0.1, 0.15) is 18.3 Å². The molecule has 0 fully saturated rings. The number of benzene rings is 1. The fraction of sp³-hybridized carbons (Fsp3) is 0.231. The van der Waals surface area contributed by atoms with E-state index in [0.717, 1.165) is 5.56 Å². The van der Waals surface area contributed by atoms with Gasteiger partial charge >= 0.3 is 0 Å². The summed E-state index contributed by atoms with van der Waals surface area (Å²) in [5.41, 5.74) is 0.572. The van der Waals surface area contributed by atoms with Gasteiger partial charge in [-0.3, -0.25) is 19.5 Å². The van der Waals surface area contributed by atoms with Crippen molar-refractivity contribution in [2.24, 2.45) is 0 Å². The van der Waals surface area contributed by atoms with Gasteiger partial charge in [0, 0.05) is 24.6 Å². The average Bonchev–Trinajstić information content (AvgIpc) is 2.42. The van der Waals surface area contributed by atoms with Crippen molar-refractivity contribution in [2.45, 2.75) is 19.9 Å². The van der Waals surface area contributed by atoms with Crippen molar-refractivity contribution in [2.75, 3.05) is 0 Å². The van der Waals surface area contributed by atoms with E-state index >= 15 is 0 Å². The molecule has 0 N–H and O–H groups in total. The maximum Gasteiger partial charge on any atom is 0.269 e. The van der Waals surface area contributed by atoms with Crippen molar-refractivity contribution in [1.29, 1.82) is 0 Å². The Hall–Kier alpha value is -2.21. The highest BCUT2D eigenvalue weighted by Crippen LogP contribution is 2.13. The molecule has 0 unspecified atom stereocenters. The molecule has 0 spiro atoms. The number of halogens is 1. The monoisotopic (exact) mass is 293 g/mol. The van der Waals surface area contributed by atoms with E-state index in [9.17, 15) is 14.9 Å². The third kappa shape index (κ3) is 3.03. The van der Waals surface area contributed by atoms with Gasteiger partial charge in [0.05, 0.1) is 11.5 Å². The highest BCUT2D eigenvalue weighted by Gasteiger charge is 2.09. The molecule has 0 atom stereocenters. The second-order valence-corrected chi connectivity index (χ2v) is 4.58. The van der Waals surface area contributed by atoms with Gasteiger partial charge in [0.15, 0.2) is 0 Å². The van der Waals surface area contributed by atoms with Crippen LogP contribution >= 0.6 is 11.6 Å². The molecule has 6 nitrogen and oxygen atoms in total. The van der Waals surface area contributed by atoms with E-state index in [0.29, 0.717) is 18.8 Å². The fourth-order valence-corrected chi connectivity index (χ4v) is 2.06. The van der Waals surface area contributed by atoms with E-state index in [4.69, 9.17) is 11.6 Å². The molecule has 0 aliphatic rings. The SMILES string of the molecule is CCc1nc(Cl)cc(=O)n1Cc1ccc([N+](=O)[O-])cc1. The van der Waals surface area contributed by atoms with Crippen molar-refractivity contribution in [3.63, 3.8) is 0 Å². The number of aryl methyl sites for hydroxylation is 1. The first kappa shape index (κ1) is 14.2. The molecule has 0 saturated carbocycles. The highest BCUT2D eigenvalue weighted by molar-refractivity contribution is 6.29. The van der Waals surface area contributed by atoms with Crippen molar-refractivity contribution in [3.05, 3.63) is 67.3 Å². The summed E-state index contributed by atoms with van der Waals surface area (Å²) in [6.07, 6.45) is 0.572. The molecule has 0 aliphatic heterocycles. The van der Waals surface area contributed by atoms with Crippen molar-refractivity contribution < 1.29 is 4.92 Å². The Labute approximate surface area is 119 Å². The quantitative estimate of drug-likeness (QED) is 0.493. The van der Waals surface area contributed by atoms with Crippen LogP contribution in [0.4, 0.5) is 5.69 Å². The first-order valence-corrected chi connectivity index (χ1v) is 6.38. The van der Waals surface area contributed by atoms with E-state index in [1.54, 1.807) is 12.1 Å². The standard InChI is InChI=1S/C13H12ClN3O3/c1-2-12-15-11(14)7-13(18)16(12)8-9-3-5-10(6-4-9)17(19)20/h3-7H,2,8H2,1H3. The summed E-state index contributed by atoms with van der Waals surface area (Å²) < 4.78 is 1.51. The third-order valence-electron chi connectivity index (χ3n) is 2.86. The zero-order chi connectivity index (χ0) is 14.7. The molecule has 7 heteroatoms. The van der Waals surface area contributed by atoms with Crippen molar-refractivity contribution in [1.82, 2.24) is 9.55 Å². The molecule has 0 aliphatic carbocycles. The van der Waals surface area contributed by atoms with Gasteiger partial charge in [0.25, 0.3) is 11.2 Å². The van der Waals surface area contributed by atoms with Crippen molar-refractivity contribution >= 4 is 17.3 Å². The van der Waals surface area contributed by atoms with Gasteiger partial charge in [-0.1, -0.05) is 30.7 Å². The summed E-state index contributed by atoms with van der Waals surface area (Å²) in [5, 5.41) is 10.8. The number of non-ortho nitro benzene ring substituents is 1. The second kappa shape index (κ2) is 5.83. The van der Waals surface area contributed by atoms with E-state index in [1.807, 2.05) is 6.92 Å². The zero-order valence-corrected chi connectivity index (χ0v) is 11.5. The highest BCUT2D eigenvalue weighted by atomic mass is 35.5. The lowest BCUT2D eigenvalue weighted by molar-refractivity contribution is -0.384. The molecule has 2 aromatic rings. The zero-order valence-electron chi connectivity index (χ0n) is 10.7. The van der Waals surface area contributed by atoms with Crippen LogP contribution in [0.15, 0.2) is 35.1 Å². The molecule has 0 bridgehead atoms.